The average molecular weight is 265 g/mol. The molecule has 0 radical (unpaired) electrons. The van der Waals surface area contributed by atoms with Gasteiger partial charge in [0.2, 0.25) is 0 Å². The Morgan fingerprint density at radius 3 is 2.42 bits per heavy atom. The summed E-state index contributed by atoms with van der Waals surface area (Å²) >= 11 is 0. The van der Waals surface area contributed by atoms with Gasteiger partial charge in [-0.2, -0.15) is 0 Å². The van der Waals surface area contributed by atoms with E-state index < -0.39 is 0 Å². The highest BCUT2D eigenvalue weighted by molar-refractivity contribution is 5.40. The first-order chi connectivity index (χ1) is 9.28. The Morgan fingerprint density at radius 1 is 1.26 bits per heavy atom. The van der Waals surface area contributed by atoms with Gasteiger partial charge in [0.15, 0.2) is 0 Å². The Kier molecular flexibility index (Phi) is 5.05. The summed E-state index contributed by atoms with van der Waals surface area (Å²) < 4.78 is 16.2. The molecular formula is C15H23NO3. The molecule has 1 N–H and O–H groups in total. The molecular weight excluding hydrogens is 242 g/mol. The smallest absolute Gasteiger partial charge is 0.122 e. The van der Waals surface area contributed by atoms with Crippen molar-refractivity contribution in [2.24, 2.45) is 5.92 Å². The van der Waals surface area contributed by atoms with Gasteiger partial charge in [-0.25, -0.2) is 0 Å². The second kappa shape index (κ2) is 6.78. The molecule has 1 aliphatic rings. The molecule has 2 unspecified atom stereocenters. The minimum atomic E-state index is 0.288. The maximum Gasteiger partial charge on any atom is 0.122 e. The van der Waals surface area contributed by atoms with Crippen molar-refractivity contribution in [3.63, 3.8) is 0 Å². The average Bonchev–Trinajstić information content (AvgIpc) is 2.97. The van der Waals surface area contributed by atoms with Crippen LogP contribution in [-0.2, 0) is 4.74 Å². The van der Waals surface area contributed by atoms with Crippen LogP contribution < -0.4 is 14.8 Å². The highest BCUT2D eigenvalue weighted by Crippen LogP contribution is 2.33. The quantitative estimate of drug-likeness (QED) is 0.857. The summed E-state index contributed by atoms with van der Waals surface area (Å²) in [4.78, 5) is 0. The molecule has 0 bridgehead atoms. The van der Waals surface area contributed by atoms with Crippen LogP contribution in [0.15, 0.2) is 18.2 Å². The monoisotopic (exact) mass is 265 g/mol. The van der Waals surface area contributed by atoms with Crippen LogP contribution in [0.25, 0.3) is 0 Å². The van der Waals surface area contributed by atoms with Gasteiger partial charge >= 0.3 is 0 Å². The van der Waals surface area contributed by atoms with Gasteiger partial charge in [0.05, 0.1) is 20.8 Å². The fourth-order valence-corrected chi connectivity index (χ4v) is 2.60. The van der Waals surface area contributed by atoms with E-state index in [1.165, 1.54) is 5.56 Å². The second-order valence-electron chi connectivity index (χ2n) is 4.81. The topological polar surface area (TPSA) is 39.7 Å². The lowest BCUT2D eigenvalue weighted by Crippen LogP contribution is -2.28. The van der Waals surface area contributed by atoms with Crippen LogP contribution in [-0.4, -0.2) is 34.0 Å². The van der Waals surface area contributed by atoms with Gasteiger partial charge in [-0.3, -0.25) is 0 Å². The molecule has 1 aliphatic heterocycles. The van der Waals surface area contributed by atoms with Crippen LogP contribution >= 0.6 is 0 Å². The van der Waals surface area contributed by atoms with Gasteiger partial charge in [0, 0.05) is 24.6 Å². The Balaban J connectivity index is 2.28. The first kappa shape index (κ1) is 14.2. The van der Waals surface area contributed by atoms with Crippen molar-refractivity contribution in [1.82, 2.24) is 5.32 Å². The van der Waals surface area contributed by atoms with Crippen LogP contribution in [0.5, 0.6) is 11.5 Å². The maximum absolute atomic E-state index is 5.52. The summed E-state index contributed by atoms with van der Waals surface area (Å²) in [6, 6.07) is 6.34. The minimum Gasteiger partial charge on any atom is -0.497 e. The molecule has 2 rings (SSSR count). The van der Waals surface area contributed by atoms with Gasteiger partial charge < -0.3 is 19.5 Å². The van der Waals surface area contributed by atoms with E-state index in [0.29, 0.717) is 5.92 Å². The normalized spacial score (nSPS) is 20.3. The van der Waals surface area contributed by atoms with Crippen LogP contribution in [0, 0.1) is 5.92 Å². The van der Waals surface area contributed by atoms with E-state index in [1.54, 1.807) is 14.2 Å². The van der Waals surface area contributed by atoms with Crippen LogP contribution in [0.4, 0.5) is 0 Å². The van der Waals surface area contributed by atoms with Crippen molar-refractivity contribution in [3.05, 3.63) is 23.8 Å². The Labute approximate surface area is 115 Å². The fraction of sp³-hybridized carbons (Fsp3) is 0.600. The number of rotatable bonds is 6. The lowest BCUT2D eigenvalue weighted by atomic mass is 9.92. The van der Waals surface area contributed by atoms with Gasteiger partial charge in [-0.1, -0.05) is 6.92 Å². The molecule has 4 heteroatoms. The summed E-state index contributed by atoms with van der Waals surface area (Å²) in [5.74, 6) is 2.17. The first-order valence-corrected chi connectivity index (χ1v) is 6.82. The van der Waals surface area contributed by atoms with Gasteiger partial charge in [-0.15, -0.1) is 0 Å². The SMILES string of the molecule is CCNC(c1cc(OC)cc(OC)c1)C1CCOC1. The van der Waals surface area contributed by atoms with E-state index in [1.807, 2.05) is 6.07 Å². The zero-order chi connectivity index (χ0) is 13.7. The van der Waals surface area contributed by atoms with E-state index >= 15 is 0 Å². The summed E-state index contributed by atoms with van der Waals surface area (Å²) in [6.45, 7) is 4.73. The van der Waals surface area contributed by atoms with Crippen molar-refractivity contribution in [2.45, 2.75) is 19.4 Å². The molecule has 0 aromatic heterocycles. The number of nitrogens with one attached hydrogen (secondary N) is 1. The number of hydrogen-bond donors (Lipinski definition) is 1. The second-order valence-corrected chi connectivity index (χ2v) is 4.81. The lowest BCUT2D eigenvalue weighted by Gasteiger charge is -2.24. The van der Waals surface area contributed by atoms with E-state index in [2.05, 4.69) is 24.4 Å². The van der Waals surface area contributed by atoms with E-state index in [4.69, 9.17) is 14.2 Å². The summed E-state index contributed by atoms with van der Waals surface area (Å²) in [5, 5.41) is 3.55. The molecule has 1 aromatic rings. The highest BCUT2D eigenvalue weighted by Gasteiger charge is 2.27. The number of hydrogen-bond acceptors (Lipinski definition) is 4. The predicted molar refractivity (Wildman–Crippen MR) is 74.9 cm³/mol. The third-order valence-electron chi connectivity index (χ3n) is 3.59. The van der Waals surface area contributed by atoms with Crippen molar-refractivity contribution < 1.29 is 14.2 Å². The van der Waals surface area contributed by atoms with Crippen LogP contribution in [0.3, 0.4) is 0 Å². The lowest BCUT2D eigenvalue weighted by molar-refractivity contribution is 0.177. The number of ether oxygens (including phenoxy) is 3. The standard InChI is InChI=1S/C15H23NO3/c1-4-16-15(11-5-6-19-10-11)12-7-13(17-2)9-14(8-12)18-3/h7-9,11,15-16H,4-6,10H2,1-3H3. The minimum absolute atomic E-state index is 0.288. The van der Waals surface area contributed by atoms with E-state index in [0.717, 1.165) is 37.7 Å². The molecule has 0 spiro atoms. The van der Waals surface area contributed by atoms with E-state index in [9.17, 15) is 0 Å². The van der Waals surface area contributed by atoms with Crippen molar-refractivity contribution in [2.75, 3.05) is 34.0 Å². The maximum atomic E-state index is 5.52. The molecule has 1 fully saturated rings. The molecule has 106 valence electrons. The molecule has 0 saturated carbocycles. The number of methoxy groups -OCH3 is 2. The first-order valence-electron chi connectivity index (χ1n) is 6.82. The highest BCUT2D eigenvalue weighted by atomic mass is 16.5. The third kappa shape index (κ3) is 3.39. The largest absolute Gasteiger partial charge is 0.497 e. The van der Waals surface area contributed by atoms with Gasteiger partial charge in [-0.05, 0) is 30.7 Å². The Hall–Kier alpha value is -1.26. The molecule has 4 nitrogen and oxygen atoms in total. The Bertz CT molecular complexity index is 380. The van der Waals surface area contributed by atoms with Crippen LogP contribution in [0.2, 0.25) is 0 Å². The summed E-state index contributed by atoms with van der Waals surface area (Å²) in [6.07, 6.45) is 1.09. The number of benzene rings is 1. The van der Waals surface area contributed by atoms with Crippen molar-refractivity contribution in [1.29, 1.82) is 0 Å². The molecule has 0 amide bonds. The van der Waals surface area contributed by atoms with Crippen molar-refractivity contribution in [3.8, 4) is 11.5 Å². The molecule has 1 heterocycles. The fourth-order valence-electron chi connectivity index (χ4n) is 2.60. The van der Waals surface area contributed by atoms with Crippen LogP contribution in [0.1, 0.15) is 24.9 Å². The molecule has 2 atom stereocenters. The zero-order valence-corrected chi connectivity index (χ0v) is 11.9. The van der Waals surface area contributed by atoms with E-state index in [-0.39, 0.29) is 6.04 Å². The molecule has 1 aromatic carbocycles. The zero-order valence-electron chi connectivity index (χ0n) is 11.9. The summed E-state index contributed by atoms with van der Waals surface area (Å²) in [5.41, 5.74) is 1.20. The van der Waals surface area contributed by atoms with Gasteiger partial charge in [0.1, 0.15) is 11.5 Å². The third-order valence-corrected chi connectivity index (χ3v) is 3.59. The van der Waals surface area contributed by atoms with Crippen molar-refractivity contribution >= 4 is 0 Å². The molecule has 1 saturated heterocycles. The molecule has 0 aliphatic carbocycles. The van der Waals surface area contributed by atoms with Gasteiger partial charge in [0.25, 0.3) is 0 Å². The molecule has 19 heavy (non-hydrogen) atoms. The predicted octanol–water partition coefficient (Wildman–Crippen LogP) is 2.39. The summed E-state index contributed by atoms with van der Waals surface area (Å²) in [7, 11) is 3.36. The Morgan fingerprint density at radius 2 is 1.95 bits per heavy atom.